The molecule has 2 rings (SSSR count). The van der Waals surface area contributed by atoms with Gasteiger partial charge in [0.25, 0.3) is 5.91 Å². The quantitative estimate of drug-likeness (QED) is 0.518. The molecule has 0 aromatic carbocycles. The van der Waals surface area contributed by atoms with Crippen LogP contribution < -0.4 is 5.32 Å². The van der Waals surface area contributed by atoms with Crippen molar-refractivity contribution in [2.75, 3.05) is 5.75 Å². The van der Waals surface area contributed by atoms with Gasteiger partial charge in [-0.15, -0.1) is 11.8 Å². The molecule has 1 aliphatic carbocycles. The van der Waals surface area contributed by atoms with E-state index in [1.165, 1.54) is 5.57 Å². The highest BCUT2D eigenvalue weighted by molar-refractivity contribution is 7.99. The zero-order chi connectivity index (χ0) is 17.7. The summed E-state index contributed by atoms with van der Waals surface area (Å²) < 4.78 is 0. The van der Waals surface area contributed by atoms with Crippen molar-refractivity contribution in [1.29, 1.82) is 0 Å². The molecule has 0 radical (unpaired) electrons. The average molecular weight is 367 g/mol. The summed E-state index contributed by atoms with van der Waals surface area (Å²) in [7, 11) is 0. The Kier molecular flexibility index (Phi) is 7.17. The Bertz CT molecular complexity index is 628. The van der Waals surface area contributed by atoms with Gasteiger partial charge in [0.2, 0.25) is 0 Å². The van der Waals surface area contributed by atoms with Gasteiger partial charge in [0.05, 0.1) is 5.56 Å². The van der Waals surface area contributed by atoms with Crippen LogP contribution in [0.5, 0.6) is 0 Å². The summed E-state index contributed by atoms with van der Waals surface area (Å²) in [4.78, 5) is 17.2. The number of carbonyl (C=O) groups is 1. The standard InChI is InChI=1S/C19H27ClN2OS/c1-5-10-24-19-14(7-9-17(20)22-19)18(23)21-16-8-6-13(4)11-15(16)12(2)3/h7,9,12-13H,5-6,8,10-11H2,1-4H3,(H,21,23). The lowest BCUT2D eigenvalue weighted by atomic mass is 9.83. The lowest BCUT2D eigenvalue weighted by molar-refractivity contribution is 0.0958. The van der Waals surface area contributed by atoms with Crippen molar-refractivity contribution in [2.24, 2.45) is 11.8 Å². The Hall–Kier alpha value is -1.00. The van der Waals surface area contributed by atoms with Crippen LogP contribution in [0.15, 0.2) is 28.4 Å². The fourth-order valence-electron chi connectivity index (χ4n) is 2.98. The Morgan fingerprint density at radius 2 is 2.21 bits per heavy atom. The maximum Gasteiger partial charge on any atom is 0.258 e. The first kappa shape index (κ1) is 19.3. The predicted molar refractivity (Wildman–Crippen MR) is 103 cm³/mol. The third kappa shape index (κ3) is 5.00. The van der Waals surface area contributed by atoms with Crippen LogP contribution in [-0.2, 0) is 0 Å². The van der Waals surface area contributed by atoms with Crippen LogP contribution in [0.3, 0.4) is 0 Å². The van der Waals surface area contributed by atoms with Gasteiger partial charge in [-0.05, 0) is 61.0 Å². The molecule has 24 heavy (non-hydrogen) atoms. The van der Waals surface area contributed by atoms with Gasteiger partial charge in [-0.1, -0.05) is 39.3 Å². The molecular formula is C19H27ClN2OS. The number of rotatable bonds is 6. The molecule has 132 valence electrons. The number of aromatic nitrogens is 1. The van der Waals surface area contributed by atoms with Crippen LogP contribution in [0.4, 0.5) is 0 Å². The van der Waals surface area contributed by atoms with E-state index in [2.05, 4.69) is 38.0 Å². The number of halogens is 1. The normalized spacial score (nSPS) is 18.2. The first-order valence-electron chi connectivity index (χ1n) is 8.75. The third-order valence-corrected chi connectivity index (χ3v) is 5.73. The number of hydrogen-bond donors (Lipinski definition) is 1. The third-order valence-electron chi connectivity index (χ3n) is 4.32. The molecule has 1 aromatic rings. The summed E-state index contributed by atoms with van der Waals surface area (Å²) in [5, 5.41) is 4.32. The molecule has 0 saturated carbocycles. The van der Waals surface area contributed by atoms with E-state index >= 15 is 0 Å². The minimum atomic E-state index is -0.0690. The Labute approximate surface area is 154 Å². The molecule has 0 aliphatic heterocycles. The number of amides is 1. The molecule has 5 heteroatoms. The first-order chi connectivity index (χ1) is 11.4. The summed E-state index contributed by atoms with van der Waals surface area (Å²) in [5.41, 5.74) is 3.10. The van der Waals surface area contributed by atoms with Crippen molar-refractivity contribution in [2.45, 2.75) is 58.4 Å². The largest absolute Gasteiger partial charge is 0.326 e. The summed E-state index contributed by atoms with van der Waals surface area (Å²) in [6, 6.07) is 3.47. The molecule has 1 heterocycles. The van der Waals surface area contributed by atoms with Crippen molar-refractivity contribution in [3.8, 4) is 0 Å². The van der Waals surface area contributed by atoms with Crippen molar-refractivity contribution in [3.05, 3.63) is 34.1 Å². The number of pyridine rings is 1. The number of nitrogens with zero attached hydrogens (tertiary/aromatic N) is 1. The number of thioether (sulfide) groups is 1. The lowest BCUT2D eigenvalue weighted by Gasteiger charge is -2.27. The molecule has 0 saturated heterocycles. The van der Waals surface area contributed by atoms with Crippen molar-refractivity contribution >= 4 is 29.3 Å². The van der Waals surface area contributed by atoms with E-state index in [9.17, 15) is 4.79 Å². The van der Waals surface area contributed by atoms with Crippen LogP contribution in [0, 0.1) is 11.8 Å². The van der Waals surface area contributed by atoms with Gasteiger partial charge in [0.1, 0.15) is 10.2 Å². The van der Waals surface area contributed by atoms with Crippen LogP contribution >= 0.6 is 23.4 Å². The van der Waals surface area contributed by atoms with Crippen LogP contribution in [0.2, 0.25) is 5.15 Å². The second-order valence-electron chi connectivity index (χ2n) is 6.80. The summed E-state index contributed by atoms with van der Waals surface area (Å²) in [6.07, 6.45) is 4.17. The van der Waals surface area contributed by atoms with E-state index in [0.717, 1.165) is 42.2 Å². The topological polar surface area (TPSA) is 42.0 Å². The highest BCUT2D eigenvalue weighted by Gasteiger charge is 2.23. The van der Waals surface area contributed by atoms with E-state index in [4.69, 9.17) is 11.6 Å². The molecule has 1 aliphatic rings. The van der Waals surface area contributed by atoms with E-state index in [-0.39, 0.29) is 5.91 Å². The summed E-state index contributed by atoms with van der Waals surface area (Å²) in [5.74, 6) is 2.00. The minimum absolute atomic E-state index is 0.0690. The lowest BCUT2D eigenvalue weighted by Crippen LogP contribution is -2.28. The smallest absolute Gasteiger partial charge is 0.258 e. The van der Waals surface area contributed by atoms with Crippen molar-refractivity contribution in [3.63, 3.8) is 0 Å². The van der Waals surface area contributed by atoms with E-state index in [1.807, 2.05) is 0 Å². The van der Waals surface area contributed by atoms with Crippen molar-refractivity contribution in [1.82, 2.24) is 10.3 Å². The molecular weight excluding hydrogens is 340 g/mol. The van der Waals surface area contributed by atoms with Gasteiger partial charge in [0, 0.05) is 5.70 Å². The SMILES string of the molecule is CCCSc1nc(Cl)ccc1C(=O)NC1=C(C(C)C)CC(C)CC1. The average Bonchev–Trinajstić information content (AvgIpc) is 2.54. The molecule has 0 spiro atoms. The molecule has 3 nitrogen and oxygen atoms in total. The maximum absolute atomic E-state index is 12.8. The van der Waals surface area contributed by atoms with Gasteiger partial charge < -0.3 is 5.32 Å². The number of hydrogen-bond acceptors (Lipinski definition) is 3. The first-order valence-corrected chi connectivity index (χ1v) is 10.1. The van der Waals surface area contributed by atoms with E-state index < -0.39 is 0 Å². The molecule has 1 amide bonds. The number of nitrogens with one attached hydrogen (secondary N) is 1. The molecule has 1 unspecified atom stereocenters. The monoisotopic (exact) mass is 366 g/mol. The van der Waals surface area contributed by atoms with Crippen LogP contribution in [0.25, 0.3) is 0 Å². The second-order valence-corrected chi connectivity index (χ2v) is 8.27. The van der Waals surface area contributed by atoms with Gasteiger partial charge >= 0.3 is 0 Å². The second kappa shape index (κ2) is 8.91. The fourth-order valence-corrected chi connectivity index (χ4v) is 4.06. The summed E-state index contributed by atoms with van der Waals surface area (Å²) in [6.45, 7) is 8.79. The number of carbonyl (C=O) groups excluding carboxylic acids is 1. The zero-order valence-corrected chi connectivity index (χ0v) is 16.6. The number of allylic oxidation sites excluding steroid dienone is 2. The molecule has 0 fully saturated rings. The van der Waals surface area contributed by atoms with Gasteiger partial charge in [-0.2, -0.15) is 0 Å². The maximum atomic E-state index is 12.8. The Morgan fingerprint density at radius 1 is 1.46 bits per heavy atom. The van der Waals surface area contributed by atoms with E-state index in [1.54, 1.807) is 23.9 Å². The Morgan fingerprint density at radius 3 is 2.88 bits per heavy atom. The van der Waals surface area contributed by atoms with Crippen molar-refractivity contribution < 1.29 is 4.79 Å². The molecule has 1 N–H and O–H groups in total. The van der Waals surface area contributed by atoms with Crippen LogP contribution in [-0.4, -0.2) is 16.6 Å². The van der Waals surface area contributed by atoms with E-state index in [0.29, 0.717) is 22.6 Å². The van der Waals surface area contributed by atoms with Crippen LogP contribution in [0.1, 0.15) is 63.7 Å². The summed E-state index contributed by atoms with van der Waals surface area (Å²) >= 11 is 7.59. The van der Waals surface area contributed by atoms with Gasteiger partial charge in [-0.25, -0.2) is 4.98 Å². The highest BCUT2D eigenvalue weighted by atomic mass is 35.5. The highest BCUT2D eigenvalue weighted by Crippen LogP contribution is 2.32. The van der Waals surface area contributed by atoms with Gasteiger partial charge in [0.15, 0.2) is 0 Å². The molecule has 1 aromatic heterocycles. The fraction of sp³-hybridized carbons (Fsp3) is 0.579. The Balaban J connectivity index is 2.24. The molecule has 0 bridgehead atoms. The zero-order valence-electron chi connectivity index (χ0n) is 15.0. The predicted octanol–water partition coefficient (Wildman–Crippen LogP) is 5.70. The molecule has 1 atom stereocenters. The van der Waals surface area contributed by atoms with Gasteiger partial charge in [-0.3, -0.25) is 4.79 Å². The minimum Gasteiger partial charge on any atom is -0.326 e.